The highest BCUT2D eigenvalue weighted by atomic mass is 32.2. The average molecular weight is 343 g/mol. The van der Waals surface area contributed by atoms with Gasteiger partial charge < -0.3 is 11.1 Å². The molecule has 0 aromatic heterocycles. The number of anilines is 1. The third-order valence-corrected chi connectivity index (χ3v) is 4.85. The Labute approximate surface area is 149 Å². The van der Waals surface area contributed by atoms with E-state index in [1.54, 1.807) is 11.8 Å². The van der Waals surface area contributed by atoms with E-state index in [4.69, 9.17) is 5.73 Å². The smallest absolute Gasteiger partial charge is 0.241 e. The van der Waals surface area contributed by atoms with Crippen molar-refractivity contribution in [1.29, 1.82) is 0 Å². The van der Waals surface area contributed by atoms with E-state index in [0.717, 1.165) is 17.0 Å². The summed E-state index contributed by atoms with van der Waals surface area (Å²) in [7, 11) is 0. The molecule has 2 rings (SSSR count). The van der Waals surface area contributed by atoms with Gasteiger partial charge in [0.25, 0.3) is 0 Å². The normalized spacial score (nSPS) is 12.0. The number of nitrogens with two attached hydrogens (primary N) is 1. The Kier molecular flexibility index (Phi) is 7.35. The van der Waals surface area contributed by atoms with Crippen LogP contribution in [0.4, 0.5) is 5.69 Å². The number of hydrogen-bond donors (Lipinski definition) is 2. The van der Waals surface area contributed by atoms with Gasteiger partial charge in [-0.15, -0.1) is 0 Å². The third-order valence-electron chi connectivity index (χ3n) is 3.86. The van der Waals surface area contributed by atoms with Gasteiger partial charge in [0.2, 0.25) is 5.91 Å². The van der Waals surface area contributed by atoms with Crippen molar-refractivity contribution in [1.82, 2.24) is 0 Å². The van der Waals surface area contributed by atoms with Gasteiger partial charge in [-0.3, -0.25) is 4.79 Å². The lowest BCUT2D eigenvalue weighted by atomic mass is 10.1. The van der Waals surface area contributed by atoms with Crippen LogP contribution in [0.25, 0.3) is 0 Å². The zero-order valence-electron chi connectivity index (χ0n) is 14.4. The fourth-order valence-electron chi connectivity index (χ4n) is 2.30. The van der Waals surface area contributed by atoms with Gasteiger partial charge in [-0.1, -0.05) is 50.2 Å². The third kappa shape index (κ3) is 5.69. The number of nitrogens with one attached hydrogen (secondary N) is 1. The standard InChI is InChI=1S/C20H26N2OS/c1-3-5-7-15-10-12-17(13-11-15)24-18-9-6-8-16(14-18)22-20(23)19(21)4-2/h6,8-14,19H,3-5,7,21H2,1-2H3,(H,22,23). The molecule has 0 aliphatic carbocycles. The molecule has 24 heavy (non-hydrogen) atoms. The van der Waals surface area contributed by atoms with Gasteiger partial charge in [0.1, 0.15) is 0 Å². The second-order valence-corrected chi connectivity index (χ2v) is 7.03. The van der Waals surface area contributed by atoms with Gasteiger partial charge in [0.15, 0.2) is 0 Å². The molecule has 0 saturated carbocycles. The maximum absolute atomic E-state index is 11.9. The van der Waals surface area contributed by atoms with Gasteiger partial charge in [0.05, 0.1) is 6.04 Å². The summed E-state index contributed by atoms with van der Waals surface area (Å²) in [6.07, 6.45) is 4.22. The number of rotatable bonds is 8. The Morgan fingerprint density at radius 3 is 2.54 bits per heavy atom. The molecule has 3 N–H and O–H groups in total. The predicted octanol–water partition coefficient (Wildman–Crippen LogP) is 4.86. The molecular weight excluding hydrogens is 316 g/mol. The molecule has 1 unspecified atom stereocenters. The van der Waals surface area contributed by atoms with E-state index < -0.39 is 6.04 Å². The summed E-state index contributed by atoms with van der Waals surface area (Å²) in [4.78, 5) is 14.2. The van der Waals surface area contributed by atoms with Crippen LogP contribution in [0.5, 0.6) is 0 Å². The summed E-state index contributed by atoms with van der Waals surface area (Å²) in [5, 5.41) is 2.87. The van der Waals surface area contributed by atoms with Gasteiger partial charge >= 0.3 is 0 Å². The molecular formula is C20H26N2OS. The molecule has 0 fully saturated rings. The number of carbonyl (C=O) groups is 1. The highest BCUT2D eigenvalue weighted by Crippen LogP contribution is 2.29. The molecule has 0 saturated heterocycles. The van der Waals surface area contributed by atoms with Gasteiger partial charge in [-0.2, -0.15) is 0 Å². The second-order valence-electron chi connectivity index (χ2n) is 5.88. The van der Waals surface area contributed by atoms with Crippen molar-refractivity contribution >= 4 is 23.4 Å². The van der Waals surface area contributed by atoms with Crippen molar-refractivity contribution < 1.29 is 4.79 Å². The van der Waals surface area contributed by atoms with Crippen LogP contribution in [0.2, 0.25) is 0 Å². The van der Waals surface area contributed by atoms with Crippen molar-refractivity contribution in [2.24, 2.45) is 5.73 Å². The van der Waals surface area contributed by atoms with E-state index >= 15 is 0 Å². The molecule has 1 atom stereocenters. The van der Waals surface area contributed by atoms with E-state index in [1.807, 2.05) is 31.2 Å². The largest absolute Gasteiger partial charge is 0.325 e. The molecule has 0 bridgehead atoms. The highest BCUT2D eigenvalue weighted by Gasteiger charge is 2.11. The Bertz CT molecular complexity index is 655. The Morgan fingerprint density at radius 1 is 1.12 bits per heavy atom. The van der Waals surface area contributed by atoms with Crippen LogP contribution >= 0.6 is 11.8 Å². The maximum Gasteiger partial charge on any atom is 0.241 e. The Balaban J connectivity index is 2.00. The van der Waals surface area contributed by atoms with Crippen molar-refractivity contribution in [3.8, 4) is 0 Å². The van der Waals surface area contributed by atoms with Gasteiger partial charge in [0, 0.05) is 15.5 Å². The number of amides is 1. The predicted molar refractivity (Wildman–Crippen MR) is 103 cm³/mol. The molecule has 0 heterocycles. The first-order chi connectivity index (χ1) is 11.6. The van der Waals surface area contributed by atoms with Crippen LogP contribution in [0.3, 0.4) is 0 Å². The molecule has 128 valence electrons. The SMILES string of the molecule is CCCCc1ccc(Sc2cccc(NC(=O)C(N)CC)c2)cc1. The summed E-state index contributed by atoms with van der Waals surface area (Å²) in [5.74, 6) is -0.139. The van der Waals surface area contributed by atoms with E-state index in [1.165, 1.54) is 23.3 Å². The maximum atomic E-state index is 11.9. The van der Waals surface area contributed by atoms with Crippen LogP contribution in [0.1, 0.15) is 38.7 Å². The molecule has 3 nitrogen and oxygen atoms in total. The molecule has 2 aromatic rings. The zero-order chi connectivity index (χ0) is 17.4. The summed E-state index contributed by atoms with van der Waals surface area (Å²) in [5.41, 5.74) is 7.93. The van der Waals surface area contributed by atoms with Gasteiger partial charge in [-0.05, 0) is 55.2 Å². The van der Waals surface area contributed by atoms with Crippen molar-refractivity contribution in [3.63, 3.8) is 0 Å². The van der Waals surface area contributed by atoms with Crippen LogP contribution < -0.4 is 11.1 Å². The summed E-state index contributed by atoms with van der Waals surface area (Å²) in [6, 6.07) is 16.1. The minimum Gasteiger partial charge on any atom is -0.325 e. The van der Waals surface area contributed by atoms with Crippen molar-refractivity contribution in [2.75, 3.05) is 5.32 Å². The minimum absolute atomic E-state index is 0.139. The summed E-state index contributed by atoms with van der Waals surface area (Å²) < 4.78 is 0. The van der Waals surface area contributed by atoms with E-state index in [9.17, 15) is 4.79 Å². The fourth-order valence-corrected chi connectivity index (χ4v) is 3.18. The minimum atomic E-state index is -0.461. The fraction of sp³-hybridized carbons (Fsp3) is 0.350. The first-order valence-electron chi connectivity index (χ1n) is 8.55. The van der Waals surface area contributed by atoms with Crippen molar-refractivity contribution in [2.45, 2.75) is 55.4 Å². The number of unbranched alkanes of at least 4 members (excludes halogenated alkanes) is 1. The second kappa shape index (κ2) is 9.50. The first kappa shape index (κ1) is 18.6. The molecule has 2 aromatic carbocycles. The average Bonchev–Trinajstić information content (AvgIpc) is 2.60. The Morgan fingerprint density at radius 2 is 1.88 bits per heavy atom. The molecule has 0 spiro atoms. The molecule has 0 aliphatic heterocycles. The zero-order valence-corrected chi connectivity index (χ0v) is 15.2. The lowest BCUT2D eigenvalue weighted by Crippen LogP contribution is -2.34. The van der Waals surface area contributed by atoms with E-state index in [0.29, 0.717) is 6.42 Å². The van der Waals surface area contributed by atoms with Crippen LogP contribution in [-0.4, -0.2) is 11.9 Å². The van der Waals surface area contributed by atoms with E-state index in [2.05, 4.69) is 36.5 Å². The summed E-state index contributed by atoms with van der Waals surface area (Å²) >= 11 is 1.69. The monoisotopic (exact) mass is 342 g/mol. The quantitative estimate of drug-likeness (QED) is 0.720. The molecule has 0 aliphatic rings. The van der Waals surface area contributed by atoms with Crippen molar-refractivity contribution in [3.05, 3.63) is 54.1 Å². The topological polar surface area (TPSA) is 55.1 Å². The number of hydrogen-bond acceptors (Lipinski definition) is 3. The Hall–Kier alpha value is -1.78. The number of benzene rings is 2. The molecule has 1 amide bonds. The summed E-state index contributed by atoms with van der Waals surface area (Å²) in [6.45, 7) is 4.12. The number of carbonyl (C=O) groups excluding carboxylic acids is 1. The molecule has 4 heteroatoms. The van der Waals surface area contributed by atoms with Crippen LogP contribution in [-0.2, 0) is 11.2 Å². The lowest BCUT2D eigenvalue weighted by Gasteiger charge is -2.11. The van der Waals surface area contributed by atoms with E-state index in [-0.39, 0.29) is 5.91 Å². The van der Waals surface area contributed by atoms with Crippen LogP contribution in [0, 0.1) is 0 Å². The molecule has 0 radical (unpaired) electrons. The number of aryl methyl sites for hydroxylation is 1. The lowest BCUT2D eigenvalue weighted by molar-refractivity contribution is -0.117. The first-order valence-corrected chi connectivity index (χ1v) is 9.37. The highest BCUT2D eigenvalue weighted by molar-refractivity contribution is 7.99. The van der Waals surface area contributed by atoms with Gasteiger partial charge in [-0.25, -0.2) is 0 Å². The van der Waals surface area contributed by atoms with Crippen LogP contribution in [0.15, 0.2) is 58.3 Å².